The Hall–Kier alpha value is -3.48. The second kappa shape index (κ2) is 6.68. The van der Waals surface area contributed by atoms with E-state index in [0.29, 0.717) is 16.8 Å². The van der Waals surface area contributed by atoms with Gasteiger partial charge in [-0.15, -0.1) is 10.2 Å². The van der Waals surface area contributed by atoms with Crippen LogP contribution in [-0.4, -0.2) is 16.2 Å². The number of halogens is 1. The third kappa shape index (κ3) is 3.19. The Balaban J connectivity index is 1.50. The van der Waals surface area contributed by atoms with Crippen LogP contribution in [0.1, 0.15) is 27.6 Å². The van der Waals surface area contributed by atoms with Crippen molar-refractivity contribution >= 4 is 16.9 Å². The summed E-state index contributed by atoms with van der Waals surface area (Å²) >= 11 is 0. The number of hydrogen-bond donors (Lipinski definition) is 0. The van der Waals surface area contributed by atoms with E-state index in [-0.39, 0.29) is 23.8 Å². The molecule has 0 aliphatic carbocycles. The lowest BCUT2D eigenvalue weighted by Gasteiger charge is -2.00. The van der Waals surface area contributed by atoms with Gasteiger partial charge in [-0.1, -0.05) is 29.8 Å². The van der Waals surface area contributed by atoms with Crippen molar-refractivity contribution in [2.75, 3.05) is 0 Å². The number of furan rings is 1. The predicted molar refractivity (Wildman–Crippen MR) is 94.5 cm³/mol. The minimum Gasteiger partial charge on any atom is -0.450 e. The molecule has 0 unspecified atom stereocenters. The molecule has 0 atom stereocenters. The SMILES string of the molecule is Cc1cccc(-c2nnc(COC(=O)c3oc4c(F)cccc4c3C)o2)c1. The molecule has 0 fully saturated rings. The number of fused-ring (bicyclic) bond motifs is 1. The van der Waals surface area contributed by atoms with E-state index in [1.807, 2.05) is 31.2 Å². The number of carbonyl (C=O) groups excluding carboxylic acids is 1. The summed E-state index contributed by atoms with van der Waals surface area (Å²) in [5.74, 6) is -0.812. The summed E-state index contributed by atoms with van der Waals surface area (Å²) in [6, 6.07) is 12.1. The van der Waals surface area contributed by atoms with Gasteiger partial charge in [0.1, 0.15) is 0 Å². The van der Waals surface area contributed by atoms with E-state index in [1.54, 1.807) is 19.1 Å². The van der Waals surface area contributed by atoms with E-state index in [0.717, 1.165) is 11.1 Å². The standard InChI is InChI=1S/C20H15FN2O4/c1-11-5-3-6-13(9-11)19-23-22-16(26-19)10-25-20(24)17-12(2)14-7-4-8-15(21)18(14)27-17/h3-9H,10H2,1-2H3. The summed E-state index contributed by atoms with van der Waals surface area (Å²) in [5.41, 5.74) is 2.39. The van der Waals surface area contributed by atoms with Crippen molar-refractivity contribution in [1.29, 1.82) is 0 Å². The Bertz CT molecular complexity index is 1150. The van der Waals surface area contributed by atoms with Crippen molar-refractivity contribution in [2.24, 2.45) is 0 Å². The molecule has 0 saturated heterocycles. The van der Waals surface area contributed by atoms with Crippen LogP contribution in [-0.2, 0) is 11.3 Å². The zero-order valence-electron chi connectivity index (χ0n) is 14.7. The maximum absolute atomic E-state index is 13.8. The number of para-hydroxylation sites is 1. The third-order valence-electron chi connectivity index (χ3n) is 4.16. The molecule has 27 heavy (non-hydrogen) atoms. The molecule has 0 bridgehead atoms. The number of ether oxygens (including phenoxy) is 1. The summed E-state index contributed by atoms with van der Waals surface area (Å²) in [6.45, 7) is 3.42. The van der Waals surface area contributed by atoms with Crippen LogP contribution in [0, 0.1) is 19.7 Å². The smallest absolute Gasteiger partial charge is 0.375 e. The highest BCUT2D eigenvalue weighted by molar-refractivity contribution is 5.96. The Kier molecular flexibility index (Phi) is 4.19. The third-order valence-corrected chi connectivity index (χ3v) is 4.16. The average Bonchev–Trinajstić information content (AvgIpc) is 3.26. The first-order valence-electron chi connectivity index (χ1n) is 8.27. The zero-order valence-corrected chi connectivity index (χ0v) is 14.7. The van der Waals surface area contributed by atoms with Gasteiger partial charge in [0.2, 0.25) is 11.7 Å². The van der Waals surface area contributed by atoms with E-state index < -0.39 is 11.8 Å². The second-order valence-electron chi connectivity index (χ2n) is 6.12. The molecule has 0 amide bonds. The summed E-state index contributed by atoms with van der Waals surface area (Å²) in [5, 5.41) is 8.37. The molecule has 7 heteroatoms. The topological polar surface area (TPSA) is 78.4 Å². The quantitative estimate of drug-likeness (QED) is 0.491. The molecule has 4 aromatic rings. The summed E-state index contributed by atoms with van der Waals surface area (Å²) in [6.07, 6.45) is 0. The lowest BCUT2D eigenvalue weighted by Crippen LogP contribution is -2.05. The Labute approximate surface area is 153 Å². The highest BCUT2D eigenvalue weighted by Crippen LogP contribution is 2.28. The van der Waals surface area contributed by atoms with Crippen molar-refractivity contribution in [3.8, 4) is 11.5 Å². The average molecular weight is 366 g/mol. The normalized spacial score (nSPS) is 11.1. The summed E-state index contributed by atoms with van der Waals surface area (Å²) in [7, 11) is 0. The van der Waals surface area contributed by atoms with Gasteiger partial charge < -0.3 is 13.6 Å². The van der Waals surface area contributed by atoms with Gasteiger partial charge in [0, 0.05) is 16.5 Å². The predicted octanol–water partition coefficient (Wildman–Crippen LogP) is 4.60. The largest absolute Gasteiger partial charge is 0.450 e. The molecular weight excluding hydrogens is 351 g/mol. The molecule has 0 aliphatic heterocycles. The molecule has 136 valence electrons. The maximum atomic E-state index is 13.8. The minimum atomic E-state index is -0.724. The Morgan fingerprint density at radius 2 is 1.93 bits per heavy atom. The van der Waals surface area contributed by atoms with Gasteiger partial charge in [-0.25, -0.2) is 9.18 Å². The monoisotopic (exact) mass is 366 g/mol. The fraction of sp³-hybridized carbons (Fsp3) is 0.150. The first-order valence-corrected chi connectivity index (χ1v) is 8.27. The lowest BCUT2D eigenvalue weighted by molar-refractivity contribution is 0.0403. The van der Waals surface area contributed by atoms with Crippen molar-refractivity contribution < 1.29 is 22.8 Å². The fourth-order valence-electron chi connectivity index (χ4n) is 2.80. The molecule has 0 N–H and O–H groups in total. The van der Waals surface area contributed by atoms with Crippen LogP contribution in [0.3, 0.4) is 0 Å². The van der Waals surface area contributed by atoms with Gasteiger partial charge in [0.05, 0.1) is 0 Å². The van der Waals surface area contributed by atoms with Crippen LogP contribution in [0.15, 0.2) is 51.3 Å². The first-order chi connectivity index (χ1) is 13.0. The molecule has 0 aliphatic rings. The number of aryl methyl sites for hydroxylation is 2. The van der Waals surface area contributed by atoms with E-state index in [2.05, 4.69) is 10.2 Å². The molecule has 2 aromatic carbocycles. The molecule has 2 aromatic heterocycles. The molecule has 2 heterocycles. The van der Waals surface area contributed by atoms with Crippen molar-refractivity contribution in [3.63, 3.8) is 0 Å². The van der Waals surface area contributed by atoms with Crippen LogP contribution >= 0.6 is 0 Å². The summed E-state index contributed by atoms with van der Waals surface area (Å²) < 4.78 is 29.9. The van der Waals surface area contributed by atoms with E-state index in [9.17, 15) is 9.18 Å². The molecular formula is C20H15FN2O4. The van der Waals surface area contributed by atoms with Crippen molar-refractivity contribution in [2.45, 2.75) is 20.5 Å². The lowest BCUT2D eigenvalue weighted by atomic mass is 10.1. The van der Waals surface area contributed by atoms with Gasteiger partial charge >= 0.3 is 5.97 Å². The maximum Gasteiger partial charge on any atom is 0.375 e. The van der Waals surface area contributed by atoms with E-state index >= 15 is 0 Å². The van der Waals surface area contributed by atoms with Gasteiger partial charge in [-0.2, -0.15) is 0 Å². The van der Waals surface area contributed by atoms with Gasteiger partial charge in [-0.3, -0.25) is 0 Å². The van der Waals surface area contributed by atoms with E-state index in [4.69, 9.17) is 13.6 Å². The van der Waals surface area contributed by atoms with Crippen LogP contribution in [0.5, 0.6) is 0 Å². The molecule has 0 spiro atoms. The second-order valence-corrected chi connectivity index (χ2v) is 6.12. The fourth-order valence-corrected chi connectivity index (χ4v) is 2.80. The Morgan fingerprint density at radius 3 is 2.70 bits per heavy atom. The van der Waals surface area contributed by atoms with Crippen LogP contribution in [0.4, 0.5) is 4.39 Å². The number of benzene rings is 2. The molecule has 0 radical (unpaired) electrons. The number of esters is 1. The molecule has 4 rings (SSSR count). The van der Waals surface area contributed by atoms with Crippen molar-refractivity contribution in [1.82, 2.24) is 10.2 Å². The van der Waals surface area contributed by atoms with Gasteiger partial charge in [0.15, 0.2) is 18.0 Å². The number of rotatable bonds is 4. The molecule has 0 saturated carbocycles. The highest BCUT2D eigenvalue weighted by atomic mass is 19.1. The first kappa shape index (κ1) is 17.0. The van der Waals surface area contributed by atoms with Crippen LogP contribution < -0.4 is 0 Å². The van der Waals surface area contributed by atoms with Crippen molar-refractivity contribution in [3.05, 3.63) is 71.1 Å². The number of carbonyl (C=O) groups is 1. The molecule has 6 nitrogen and oxygen atoms in total. The van der Waals surface area contributed by atoms with Crippen LogP contribution in [0.25, 0.3) is 22.4 Å². The number of hydrogen-bond acceptors (Lipinski definition) is 6. The summed E-state index contributed by atoms with van der Waals surface area (Å²) in [4.78, 5) is 12.3. The minimum absolute atomic E-state index is 0.0291. The van der Waals surface area contributed by atoms with E-state index in [1.165, 1.54) is 6.07 Å². The Morgan fingerprint density at radius 1 is 1.11 bits per heavy atom. The van der Waals surface area contributed by atoms with Crippen LogP contribution in [0.2, 0.25) is 0 Å². The highest BCUT2D eigenvalue weighted by Gasteiger charge is 2.21. The zero-order chi connectivity index (χ0) is 19.0. The van der Waals surface area contributed by atoms with Gasteiger partial charge in [-0.05, 0) is 32.0 Å². The number of nitrogens with zero attached hydrogens (tertiary/aromatic N) is 2. The van der Waals surface area contributed by atoms with Gasteiger partial charge in [0.25, 0.3) is 5.89 Å². The number of aromatic nitrogens is 2.